The summed E-state index contributed by atoms with van der Waals surface area (Å²) in [5.74, 6) is -0.387. The van der Waals surface area contributed by atoms with Crippen LogP contribution in [-0.4, -0.2) is 55.3 Å². The van der Waals surface area contributed by atoms with Gasteiger partial charge < -0.3 is 29.8 Å². The van der Waals surface area contributed by atoms with Crippen molar-refractivity contribution in [2.45, 2.75) is 60.0 Å². The number of nitrogens with zero attached hydrogens (tertiary/aromatic N) is 1. The number of nitrogens with one attached hydrogen (secondary N) is 2. The number of rotatable bonds is 14. The number of phenols is 1. The van der Waals surface area contributed by atoms with Crippen LogP contribution in [0, 0.1) is 5.41 Å². The van der Waals surface area contributed by atoms with Gasteiger partial charge in [-0.1, -0.05) is 26.0 Å². The summed E-state index contributed by atoms with van der Waals surface area (Å²) < 4.78 is 11.5. The lowest BCUT2D eigenvalue weighted by Crippen LogP contribution is -2.43. The maximum absolute atomic E-state index is 12.9. The maximum atomic E-state index is 12.9. The number of anilines is 1. The summed E-state index contributed by atoms with van der Waals surface area (Å²) in [5, 5.41) is 15.8. The molecule has 2 amide bonds. The van der Waals surface area contributed by atoms with E-state index in [9.17, 15) is 19.5 Å². The number of carbonyl (C=O) groups excluding carboxylic acids is 2. The number of amides is 2. The fourth-order valence-electron chi connectivity index (χ4n) is 4.40. The monoisotopic (exact) mass is 565 g/mol. The highest BCUT2D eigenvalue weighted by Crippen LogP contribution is 2.23. The van der Waals surface area contributed by atoms with E-state index in [2.05, 4.69) is 29.4 Å². The Morgan fingerprint density at radius 3 is 2.32 bits per heavy atom. The molecule has 0 saturated heterocycles. The number of carbonyl (C=O) groups is 2. The molecule has 1 heterocycles. The minimum absolute atomic E-state index is 0.0611. The number of hydrogen-bond acceptors (Lipinski definition) is 7. The Hall–Kier alpha value is -3.85. The number of phenolic OH excluding ortho intramolecular Hbond substituents is 1. The topological polar surface area (TPSA) is 121 Å². The van der Waals surface area contributed by atoms with Crippen molar-refractivity contribution in [3.63, 3.8) is 0 Å². The van der Waals surface area contributed by atoms with Crippen LogP contribution >= 0.6 is 0 Å². The number of hydrogen-bond donors (Lipinski definition) is 3. The van der Waals surface area contributed by atoms with Gasteiger partial charge in [0, 0.05) is 55.3 Å². The smallest absolute Gasteiger partial charge is 0.349 e. The minimum Gasteiger partial charge on any atom is -0.508 e. The average Bonchev–Trinajstić information content (AvgIpc) is 2.92. The Bertz CT molecular complexity index is 1390. The molecule has 0 bridgehead atoms. The van der Waals surface area contributed by atoms with Gasteiger partial charge in [-0.05, 0) is 76.4 Å². The molecule has 9 nitrogen and oxygen atoms in total. The molecule has 222 valence electrons. The highest BCUT2D eigenvalue weighted by Gasteiger charge is 2.29. The number of aromatic hydroxyl groups is 1. The number of fused-ring (bicyclic) bond motifs is 1. The molecule has 0 unspecified atom stereocenters. The third-order valence-corrected chi connectivity index (χ3v) is 7.24. The van der Waals surface area contributed by atoms with E-state index in [-0.39, 0.29) is 23.8 Å². The summed E-state index contributed by atoms with van der Waals surface area (Å²) in [6, 6.07) is 14.1. The lowest BCUT2D eigenvalue weighted by atomic mass is 9.88. The molecule has 0 atom stereocenters. The third-order valence-electron chi connectivity index (χ3n) is 7.24. The lowest BCUT2D eigenvalue weighted by molar-refractivity contribution is -0.131. The lowest BCUT2D eigenvalue weighted by Gasteiger charge is -2.29. The first-order valence-corrected chi connectivity index (χ1v) is 14.2. The molecule has 0 aliphatic rings. The summed E-state index contributed by atoms with van der Waals surface area (Å²) in [4.78, 5) is 40.4. The first-order valence-electron chi connectivity index (χ1n) is 14.2. The second kappa shape index (κ2) is 13.7. The van der Waals surface area contributed by atoms with Gasteiger partial charge >= 0.3 is 5.63 Å². The molecular weight excluding hydrogens is 522 g/mol. The highest BCUT2D eigenvalue weighted by molar-refractivity contribution is 5.97. The summed E-state index contributed by atoms with van der Waals surface area (Å²) in [6.45, 7) is 14.2. The number of ether oxygens (including phenoxy) is 1. The van der Waals surface area contributed by atoms with Crippen molar-refractivity contribution >= 4 is 28.5 Å². The standard InChI is InChI=1S/C32H43N3O6/c1-7-35(8-2)24-12-11-23-19-26(29(38)41-27(23)20-24)28(37)34-21-32(5,6)40-18-16-31(3,4)30(39)33-17-15-22-9-13-25(36)14-10-22/h9-14,19-20,36H,7-8,15-18,21H2,1-6H3,(H,33,39)(H,34,37). The SMILES string of the molecule is CCN(CC)c1ccc2cc(C(=O)NCC(C)(C)OCCC(C)(C)C(=O)NCCc3ccc(O)cc3)c(=O)oc2c1. The van der Waals surface area contributed by atoms with Gasteiger partial charge in [-0.15, -0.1) is 0 Å². The third kappa shape index (κ3) is 8.82. The van der Waals surface area contributed by atoms with Crippen molar-refractivity contribution in [3.05, 3.63) is 70.1 Å². The molecule has 0 saturated carbocycles. The molecular formula is C32H43N3O6. The molecule has 0 aliphatic carbocycles. The molecule has 3 N–H and O–H groups in total. The van der Waals surface area contributed by atoms with Crippen LogP contribution in [-0.2, 0) is 16.0 Å². The summed E-state index contributed by atoms with van der Waals surface area (Å²) in [5.41, 5.74) is 0.292. The average molecular weight is 566 g/mol. The molecule has 0 aliphatic heterocycles. The zero-order chi connectivity index (χ0) is 30.2. The van der Waals surface area contributed by atoms with Crippen molar-refractivity contribution < 1.29 is 23.8 Å². The van der Waals surface area contributed by atoms with Gasteiger partial charge in [0.15, 0.2) is 0 Å². The summed E-state index contributed by atoms with van der Waals surface area (Å²) in [7, 11) is 0. The van der Waals surface area contributed by atoms with Gasteiger partial charge in [-0.25, -0.2) is 4.79 Å². The Morgan fingerprint density at radius 1 is 0.976 bits per heavy atom. The van der Waals surface area contributed by atoms with Crippen LogP contribution < -0.4 is 21.2 Å². The quantitative estimate of drug-likeness (QED) is 0.243. The predicted octanol–water partition coefficient (Wildman–Crippen LogP) is 4.65. The van der Waals surface area contributed by atoms with Crippen molar-refractivity contribution in [2.24, 2.45) is 5.41 Å². The Morgan fingerprint density at radius 2 is 1.66 bits per heavy atom. The van der Waals surface area contributed by atoms with Crippen LogP contribution in [0.15, 0.2) is 57.7 Å². The number of benzene rings is 2. The van der Waals surface area contributed by atoms with Crippen molar-refractivity contribution in [1.29, 1.82) is 0 Å². The molecule has 0 spiro atoms. The summed E-state index contributed by atoms with van der Waals surface area (Å²) in [6.07, 6.45) is 1.15. The van der Waals surface area contributed by atoms with E-state index in [4.69, 9.17) is 9.15 Å². The van der Waals surface area contributed by atoms with E-state index in [1.165, 1.54) is 0 Å². The van der Waals surface area contributed by atoms with Crippen molar-refractivity contribution in [1.82, 2.24) is 10.6 Å². The summed E-state index contributed by atoms with van der Waals surface area (Å²) >= 11 is 0. The first kappa shape index (κ1) is 31.7. The van der Waals surface area contributed by atoms with Crippen LogP contribution in [0.5, 0.6) is 5.75 Å². The molecule has 0 radical (unpaired) electrons. The van der Waals surface area contributed by atoms with Gasteiger partial charge in [0.05, 0.1) is 5.60 Å². The van der Waals surface area contributed by atoms with Crippen molar-refractivity contribution in [2.75, 3.05) is 37.7 Å². The molecule has 3 rings (SSSR count). The molecule has 0 fully saturated rings. The van der Waals surface area contributed by atoms with Crippen LogP contribution in [0.3, 0.4) is 0 Å². The highest BCUT2D eigenvalue weighted by atomic mass is 16.5. The molecule has 2 aromatic carbocycles. The molecule has 3 aromatic rings. The van der Waals surface area contributed by atoms with Crippen LogP contribution in [0.4, 0.5) is 5.69 Å². The van der Waals surface area contributed by atoms with Gasteiger partial charge in [0.1, 0.15) is 16.9 Å². The zero-order valence-corrected chi connectivity index (χ0v) is 25.0. The van der Waals surface area contributed by atoms with Crippen molar-refractivity contribution in [3.8, 4) is 5.75 Å². The van der Waals surface area contributed by atoms with E-state index >= 15 is 0 Å². The van der Waals surface area contributed by atoms with Crippen LogP contribution in [0.2, 0.25) is 0 Å². The minimum atomic E-state index is -0.725. The Labute approximate surface area is 241 Å². The van der Waals surface area contributed by atoms with E-state index in [0.717, 1.165) is 24.3 Å². The van der Waals surface area contributed by atoms with Gasteiger partial charge in [0.2, 0.25) is 5.91 Å². The Kier molecular flexibility index (Phi) is 10.6. The fourth-order valence-corrected chi connectivity index (χ4v) is 4.40. The maximum Gasteiger partial charge on any atom is 0.349 e. The van der Waals surface area contributed by atoms with Crippen LogP contribution in [0.1, 0.15) is 63.9 Å². The van der Waals surface area contributed by atoms with Crippen LogP contribution in [0.25, 0.3) is 11.0 Å². The molecule has 41 heavy (non-hydrogen) atoms. The predicted molar refractivity (Wildman–Crippen MR) is 162 cm³/mol. The van der Waals surface area contributed by atoms with E-state index in [0.29, 0.717) is 37.0 Å². The zero-order valence-electron chi connectivity index (χ0n) is 25.0. The second-order valence-corrected chi connectivity index (χ2v) is 11.4. The van der Waals surface area contributed by atoms with Gasteiger partial charge in [-0.2, -0.15) is 0 Å². The Balaban J connectivity index is 1.49. The second-order valence-electron chi connectivity index (χ2n) is 11.4. The largest absolute Gasteiger partial charge is 0.508 e. The van der Waals surface area contributed by atoms with E-state index in [1.807, 2.05) is 58.0 Å². The first-order chi connectivity index (χ1) is 19.3. The van der Waals surface area contributed by atoms with Gasteiger partial charge in [0.25, 0.3) is 5.91 Å². The molecule has 9 heteroatoms. The van der Waals surface area contributed by atoms with E-state index in [1.54, 1.807) is 18.2 Å². The van der Waals surface area contributed by atoms with E-state index < -0.39 is 22.5 Å². The molecule has 1 aromatic heterocycles. The fraction of sp³-hybridized carbons (Fsp3) is 0.469. The normalized spacial score (nSPS) is 11.9. The van der Waals surface area contributed by atoms with Gasteiger partial charge in [-0.3, -0.25) is 9.59 Å².